The summed E-state index contributed by atoms with van der Waals surface area (Å²) < 4.78 is 3.36. The second-order valence-corrected chi connectivity index (χ2v) is 10.9. The molecule has 0 aliphatic heterocycles. The van der Waals surface area contributed by atoms with Crippen molar-refractivity contribution in [1.82, 2.24) is 9.78 Å². The molecule has 0 saturated heterocycles. The number of aromatic nitrogens is 2. The lowest BCUT2D eigenvalue weighted by Crippen LogP contribution is -2.15. The van der Waals surface area contributed by atoms with E-state index in [0.717, 1.165) is 32.6 Å². The highest BCUT2D eigenvalue weighted by atomic mass is 32.2. The van der Waals surface area contributed by atoms with Crippen molar-refractivity contribution in [2.45, 2.75) is 36.8 Å². The molecule has 4 aromatic rings. The summed E-state index contributed by atoms with van der Waals surface area (Å²) in [5.41, 5.74) is 5.77. The summed E-state index contributed by atoms with van der Waals surface area (Å²) in [6.07, 6.45) is 0. The molecule has 1 N–H and O–H groups in total. The molecule has 0 saturated carbocycles. The third kappa shape index (κ3) is 5.61. The van der Waals surface area contributed by atoms with Gasteiger partial charge in [-0.25, -0.2) is 4.68 Å². The lowest BCUT2D eigenvalue weighted by molar-refractivity contribution is 0.102. The van der Waals surface area contributed by atoms with E-state index in [2.05, 4.69) is 42.5 Å². The van der Waals surface area contributed by atoms with Gasteiger partial charge in [0, 0.05) is 17.0 Å². The van der Waals surface area contributed by atoms with Crippen molar-refractivity contribution in [1.29, 1.82) is 0 Å². The number of nitrogens with one attached hydrogen (secondary N) is 1. The van der Waals surface area contributed by atoms with Crippen LogP contribution in [0.4, 0.5) is 5.69 Å². The van der Waals surface area contributed by atoms with Crippen molar-refractivity contribution in [3.05, 3.63) is 99.0 Å². The number of aryl methyl sites for hydroxylation is 1. The zero-order valence-corrected chi connectivity index (χ0v) is 21.2. The smallest absolute Gasteiger partial charge is 0.255 e. The summed E-state index contributed by atoms with van der Waals surface area (Å²) in [5.74, 6) is 1.04. The third-order valence-corrected chi connectivity index (χ3v) is 7.71. The molecular weight excluding hydrogens is 467 g/mol. The van der Waals surface area contributed by atoms with Crippen LogP contribution in [0.15, 0.2) is 77.1 Å². The summed E-state index contributed by atoms with van der Waals surface area (Å²) in [6.45, 7) is 6.27. The highest BCUT2D eigenvalue weighted by molar-refractivity contribution is 8.00. The van der Waals surface area contributed by atoms with Crippen molar-refractivity contribution >= 4 is 46.9 Å². The molecule has 1 aromatic heterocycles. The second kappa shape index (κ2) is 10.5. The van der Waals surface area contributed by atoms with E-state index in [1.54, 1.807) is 16.4 Å². The Morgan fingerprint density at radius 3 is 2.48 bits per heavy atom. The van der Waals surface area contributed by atoms with Crippen LogP contribution in [0.5, 0.6) is 0 Å². The number of amides is 1. The predicted molar refractivity (Wildman–Crippen MR) is 141 cm³/mol. The summed E-state index contributed by atoms with van der Waals surface area (Å²) in [4.78, 5) is 12.9. The number of nitrogens with zero attached hydrogens (tertiary/aromatic N) is 2. The van der Waals surface area contributed by atoms with E-state index >= 15 is 0 Å². The third-order valence-electron chi connectivity index (χ3n) is 5.27. The van der Waals surface area contributed by atoms with Gasteiger partial charge < -0.3 is 5.32 Å². The minimum atomic E-state index is -0.126. The fraction of sp³-hybridized carbons (Fsp3) is 0.192. The summed E-state index contributed by atoms with van der Waals surface area (Å²) in [5, 5.41) is 7.77. The largest absolute Gasteiger partial charge is 0.321 e. The molecule has 0 radical (unpaired) electrons. The number of benzene rings is 3. The van der Waals surface area contributed by atoms with Crippen LogP contribution in [0.2, 0.25) is 0 Å². The minimum Gasteiger partial charge on any atom is -0.321 e. The number of hydrogen-bond donors (Lipinski definition) is 1. The van der Waals surface area contributed by atoms with Crippen LogP contribution in [-0.2, 0) is 5.75 Å². The summed E-state index contributed by atoms with van der Waals surface area (Å²) in [6, 6.07) is 23.8. The number of hydrogen-bond acceptors (Lipinski definition) is 5. The lowest BCUT2D eigenvalue weighted by Gasteiger charge is -2.16. The Balaban J connectivity index is 1.48. The Hall–Kier alpha value is -2.74. The summed E-state index contributed by atoms with van der Waals surface area (Å²) >= 11 is 8.71. The molecule has 4 nitrogen and oxygen atoms in total. The quantitative estimate of drug-likeness (QED) is 0.213. The zero-order valence-electron chi connectivity index (χ0n) is 18.7. The van der Waals surface area contributed by atoms with Crippen molar-refractivity contribution in [2.24, 2.45) is 0 Å². The molecule has 3 aromatic carbocycles. The van der Waals surface area contributed by atoms with Crippen molar-refractivity contribution < 1.29 is 4.79 Å². The monoisotopic (exact) mass is 491 g/mol. The molecule has 33 heavy (non-hydrogen) atoms. The maximum absolute atomic E-state index is 12.9. The number of anilines is 1. The van der Waals surface area contributed by atoms with Gasteiger partial charge in [-0.1, -0.05) is 85.5 Å². The van der Waals surface area contributed by atoms with Crippen molar-refractivity contribution in [3.63, 3.8) is 0 Å². The maximum Gasteiger partial charge on any atom is 0.255 e. The first-order valence-corrected chi connectivity index (χ1v) is 12.9. The number of para-hydroxylation sites is 1. The molecule has 0 unspecified atom stereocenters. The first kappa shape index (κ1) is 23.4. The highest BCUT2D eigenvalue weighted by Crippen LogP contribution is 2.29. The van der Waals surface area contributed by atoms with E-state index in [9.17, 15) is 4.79 Å². The molecule has 4 rings (SSSR count). The molecule has 1 amide bonds. The van der Waals surface area contributed by atoms with Crippen molar-refractivity contribution in [3.8, 4) is 5.69 Å². The first-order chi connectivity index (χ1) is 15.9. The predicted octanol–water partition coefficient (Wildman–Crippen LogP) is 7.64. The summed E-state index contributed by atoms with van der Waals surface area (Å²) in [7, 11) is 0. The molecule has 0 aliphatic carbocycles. The molecule has 0 bridgehead atoms. The van der Waals surface area contributed by atoms with E-state index in [4.69, 9.17) is 12.2 Å². The highest BCUT2D eigenvalue weighted by Gasteiger charge is 2.14. The van der Waals surface area contributed by atoms with Crippen LogP contribution < -0.4 is 5.32 Å². The SMILES string of the molecule is Cc1cccc(C(C)C)c1NC(=O)c1ccc(-n2nc(SCc3ccccc3)sc2=S)cc1. The zero-order chi connectivity index (χ0) is 23.4. The molecule has 7 heteroatoms. The van der Waals surface area contributed by atoms with Crippen LogP contribution in [0.3, 0.4) is 0 Å². The molecule has 0 spiro atoms. The minimum absolute atomic E-state index is 0.126. The Kier molecular flexibility index (Phi) is 7.42. The van der Waals surface area contributed by atoms with Gasteiger partial charge in [-0.3, -0.25) is 4.79 Å². The average Bonchev–Trinajstić information content (AvgIpc) is 3.20. The normalized spacial score (nSPS) is 11.0. The Morgan fingerprint density at radius 1 is 1.06 bits per heavy atom. The van der Waals surface area contributed by atoms with Gasteiger partial charge in [0.25, 0.3) is 5.91 Å². The standard InChI is InChI=1S/C26H25N3OS3/c1-17(2)22-11-7-8-18(3)23(22)27-24(30)20-12-14-21(15-13-20)29-26(31)33-25(28-29)32-16-19-9-5-4-6-10-19/h4-15,17H,16H2,1-3H3,(H,27,30). The van der Waals surface area contributed by atoms with Gasteiger partial charge >= 0.3 is 0 Å². The van der Waals surface area contributed by atoms with Crippen LogP contribution in [0, 0.1) is 10.9 Å². The fourth-order valence-electron chi connectivity index (χ4n) is 3.48. The first-order valence-electron chi connectivity index (χ1n) is 10.7. The van der Waals surface area contributed by atoms with Gasteiger partial charge in [-0.2, -0.15) is 0 Å². The lowest BCUT2D eigenvalue weighted by atomic mass is 9.98. The average molecular weight is 492 g/mol. The Morgan fingerprint density at radius 2 is 1.79 bits per heavy atom. The van der Waals surface area contributed by atoms with Crippen LogP contribution in [-0.4, -0.2) is 15.7 Å². The van der Waals surface area contributed by atoms with Gasteiger partial charge in [0.05, 0.1) is 5.69 Å². The van der Waals surface area contributed by atoms with E-state index < -0.39 is 0 Å². The molecule has 0 atom stereocenters. The number of thioether (sulfide) groups is 1. The van der Waals surface area contributed by atoms with E-state index in [1.165, 1.54) is 16.9 Å². The van der Waals surface area contributed by atoms with Gasteiger partial charge in [-0.15, -0.1) is 5.10 Å². The molecule has 168 valence electrons. The van der Waals surface area contributed by atoms with Crippen LogP contribution >= 0.6 is 35.3 Å². The Labute approximate surface area is 207 Å². The molecule has 0 fully saturated rings. The van der Waals surface area contributed by atoms with Crippen molar-refractivity contribution in [2.75, 3.05) is 5.32 Å². The topological polar surface area (TPSA) is 46.9 Å². The molecular formula is C26H25N3OS3. The van der Waals surface area contributed by atoms with Gasteiger partial charge in [0.1, 0.15) is 0 Å². The second-order valence-electron chi connectivity index (χ2n) is 8.01. The Bertz CT molecular complexity index is 1310. The van der Waals surface area contributed by atoms with Crippen LogP contribution in [0.25, 0.3) is 5.69 Å². The molecule has 0 aliphatic rings. The number of carbonyl (C=O) groups excluding carboxylic acids is 1. The van der Waals surface area contributed by atoms with Gasteiger partial charge in [-0.05, 0) is 66.0 Å². The fourth-order valence-corrected chi connectivity index (χ4v) is 5.80. The van der Waals surface area contributed by atoms with E-state index in [-0.39, 0.29) is 5.91 Å². The number of rotatable bonds is 7. The number of carbonyl (C=O) groups is 1. The van der Waals surface area contributed by atoms with E-state index in [0.29, 0.717) is 15.4 Å². The van der Waals surface area contributed by atoms with E-state index in [1.807, 2.05) is 61.5 Å². The maximum atomic E-state index is 12.9. The van der Waals surface area contributed by atoms with Gasteiger partial charge in [0.2, 0.25) is 0 Å². The van der Waals surface area contributed by atoms with Crippen LogP contribution in [0.1, 0.15) is 46.8 Å². The van der Waals surface area contributed by atoms with Gasteiger partial charge in [0.15, 0.2) is 8.29 Å². The molecule has 1 heterocycles.